The van der Waals surface area contributed by atoms with E-state index < -0.39 is 0 Å². The van der Waals surface area contributed by atoms with E-state index in [1.807, 2.05) is 20.8 Å². The first-order valence-corrected chi connectivity index (χ1v) is 2.57. The number of hydrogen-bond acceptors (Lipinski definition) is 2. The normalized spacial score (nSPS) is 9.88. The van der Waals surface area contributed by atoms with Crippen LogP contribution in [0.1, 0.15) is 20.8 Å². The first-order valence-electron chi connectivity index (χ1n) is 2.16. The summed E-state index contributed by atoms with van der Waals surface area (Å²) < 4.78 is 0. The van der Waals surface area contributed by atoms with E-state index in [0.29, 0.717) is 0 Å². The molecule has 0 aliphatic rings. The summed E-state index contributed by atoms with van der Waals surface area (Å²) in [6, 6.07) is 0. The molecule has 0 aliphatic heterocycles. The van der Waals surface area contributed by atoms with Crippen molar-refractivity contribution in [3.63, 3.8) is 0 Å². The molecular formula is C5H9CsOS. The fraction of sp³-hybridized carbons (Fsp3) is 0.800. The van der Waals surface area contributed by atoms with E-state index in [4.69, 9.17) is 0 Å². The Balaban J connectivity index is 0. The molecule has 0 heterocycles. The van der Waals surface area contributed by atoms with Gasteiger partial charge in [-0.2, -0.15) is 0 Å². The molecule has 0 fully saturated rings. The van der Waals surface area contributed by atoms with Gasteiger partial charge in [-0.1, -0.05) is 25.8 Å². The molecule has 0 bridgehead atoms. The van der Waals surface area contributed by atoms with Crippen molar-refractivity contribution in [3.8, 4) is 0 Å². The van der Waals surface area contributed by atoms with Gasteiger partial charge in [-0.3, -0.25) is 0 Å². The summed E-state index contributed by atoms with van der Waals surface area (Å²) in [7, 11) is 0. The summed E-state index contributed by atoms with van der Waals surface area (Å²) >= 11 is 4.38. The van der Waals surface area contributed by atoms with E-state index in [1.54, 1.807) is 0 Å². The number of thiocarbonyl (C=S) groups is 1. The second kappa shape index (κ2) is 4.71. The van der Waals surface area contributed by atoms with E-state index >= 15 is 0 Å². The zero-order chi connectivity index (χ0) is 6.08. The van der Waals surface area contributed by atoms with Crippen LogP contribution in [0, 0.1) is 5.41 Å². The van der Waals surface area contributed by atoms with Crippen LogP contribution in [0.5, 0.6) is 0 Å². The van der Waals surface area contributed by atoms with Crippen LogP contribution in [-0.4, -0.2) is 5.05 Å². The molecule has 0 N–H and O–H groups in total. The topological polar surface area (TPSA) is 23.1 Å². The Morgan fingerprint density at radius 1 is 1.38 bits per heavy atom. The largest absolute Gasteiger partial charge is 1.00 e. The van der Waals surface area contributed by atoms with E-state index in [0.717, 1.165) is 0 Å². The van der Waals surface area contributed by atoms with Gasteiger partial charge in [0.05, 0.1) is 0 Å². The van der Waals surface area contributed by atoms with Crippen LogP contribution in [0.3, 0.4) is 0 Å². The molecule has 8 heavy (non-hydrogen) atoms. The van der Waals surface area contributed by atoms with Gasteiger partial charge in [-0.25, -0.2) is 0 Å². The van der Waals surface area contributed by atoms with Crippen molar-refractivity contribution in [3.05, 3.63) is 0 Å². The molecule has 0 aromatic rings. The predicted molar refractivity (Wildman–Crippen MR) is 32.1 cm³/mol. The molecule has 0 aromatic heterocycles. The van der Waals surface area contributed by atoms with Crippen LogP contribution in [-0.2, 0) is 0 Å². The third-order valence-electron chi connectivity index (χ3n) is 0.612. The van der Waals surface area contributed by atoms with Crippen molar-refractivity contribution in [1.82, 2.24) is 0 Å². The number of hydrogen-bond donors (Lipinski definition) is 0. The van der Waals surface area contributed by atoms with Crippen molar-refractivity contribution in [2.75, 3.05) is 0 Å². The van der Waals surface area contributed by atoms with Crippen LogP contribution in [0.25, 0.3) is 0 Å². The molecule has 0 atom stereocenters. The average molecular weight is 250 g/mol. The van der Waals surface area contributed by atoms with Gasteiger partial charge < -0.3 is 5.11 Å². The van der Waals surface area contributed by atoms with Gasteiger partial charge in [-0.05, 0) is 5.41 Å². The van der Waals surface area contributed by atoms with E-state index in [1.165, 1.54) is 0 Å². The van der Waals surface area contributed by atoms with Gasteiger partial charge in [-0.15, -0.1) is 12.2 Å². The molecule has 42 valence electrons. The molecule has 0 spiro atoms. The van der Waals surface area contributed by atoms with Gasteiger partial charge in [0.2, 0.25) is 0 Å². The molecular weight excluding hydrogens is 241 g/mol. The van der Waals surface area contributed by atoms with Crippen LogP contribution in [0.2, 0.25) is 0 Å². The molecule has 0 unspecified atom stereocenters. The second-order valence-electron chi connectivity index (χ2n) is 2.54. The van der Waals surface area contributed by atoms with Gasteiger partial charge >= 0.3 is 68.9 Å². The van der Waals surface area contributed by atoms with Gasteiger partial charge in [0, 0.05) is 0 Å². The minimum Gasteiger partial charge on any atom is -0.867 e. The quantitative estimate of drug-likeness (QED) is 0.452. The summed E-state index contributed by atoms with van der Waals surface area (Å²) in [6.07, 6.45) is 0. The molecule has 0 saturated heterocycles. The van der Waals surface area contributed by atoms with Gasteiger partial charge in [0.25, 0.3) is 0 Å². The van der Waals surface area contributed by atoms with Gasteiger partial charge in [0.1, 0.15) is 0 Å². The van der Waals surface area contributed by atoms with Gasteiger partial charge in [0.15, 0.2) is 0 Å². The standard InChI is InChI=1S/C5H10OS.Cs/c1-5(2,3)4(6)7;/h1-3H3,(H,6,7);/q;+1/p-1. The zero-order valence-electron chi connectivity index (χ0n) is 5.82. The van der Waals surface area contributed by atoms with E-state index in [9.17, 15) is 5.11 Å². The molecule has 0 radical (unpaired) electrons. The Bertz CT molecular complexity index is 84.9. The molecule has 0 aliphatic carbocycles. The monoisotopic (exact) mass is 250 g/mol. The third kappa shape index (κ3) is 6.07. The molecule has 3 heteroatoms. The summed E-state index contributed by atoms with van der Waals surface area (Å²) in [4.78, 5) is 0. The zero-order valence-corrected chi connectivity index (χ0v) is 12.9. The Hall–Kier alpha value is 1.94. The predicted octanol–water partition coefficient (Wildman–Crippen LogP) is -2.28. The van der Waals surface area contributed by atoms with Crippen molar-refractivity contribution in [1.29, 1.82) is 0 Å². The fourth-order valence-corrected chi connectivity index (χ4v) is 0. The smallest absolute Gasteiger partial charge is 0.867 e. The Kier molecular flexibility index (Phi) is 7.42. The van der Waals surface area contributed by atoms with E-state index in [2.05, 4.69) is 12.2 Å². The van der Waals surface area contributed by atoms with Crippen molar-refractivity contribution >= 4 is 17.3 Å². The van der Waals surface area contributed by atoms with Crippen LogP contribution < -0.4 is 74.0 Å². The maximum absolute atomic E-state index is 10.3. The minimum atomic E-state index is -0.324. The van der Waals surface area contributed by atoms with E-state index in [-0.39, 0.29) is 79.4 Å². The fourth-order valence-electron chi connectivity index (χ4n) is 0. The Labute approximate surface area is 115 Å². The first-order chi connectivity index (χ1) is 2.94. The van der Waals surface area contributed by atoms with Crippen molar-refractivity contribution in [2.45, 2.75) is 20.8 Å². The molecule has 0 aromatic carbocycles. The summed E-state index contributed by atoms with van der Waals surface area (Å²) in [5, 5.41) is 10.1. The summed E-state index contributed by atoms with van der Waals surface area (Å²) in [6.45, 7) is 5.42. The molecule has 0 saturated carbocycles. The second-order valence-corrected chi connectivity index (χ2v) is 2.91. The van der Waals surface area contributed by atoms with Crippen molar-refractivity contribution < 1.29 is 74.0 Å². The Morgan fingerprint density at radius 2 is 1.50 bits per heavy atom. The first kappa shape index (κ1) is 12.6. The molecule has 0 amide bonds. The summed E-state index contributed by atoms with van der Waals surface area (Å²) in [5.41, 5.74) is -0.324. The molecule has 0 rings (SSSR count). The Morgan fingerprint density at radius 3 is 1.50 bits per heavy atom. The summed E-state index contributed by atoms with van der Waals surface area (Å²) in [5.74, 6) is 0. The van der Waals surface area contributed by atoms with Crippen LogP contribution >= 0.6 is 12.2 Å². The third-order valence-corrected chi connectivity index (χ3v) is 1.22. The maximum atomic E-state index is 10.3. The SMILES string of the molecule is CC(C)(C)C([O-])=S.[Cs+]. The average Bonchev–Trinajstić information content (AvgIpc) is 1.31. The molecule has 1 nitrogen and oxygen atoms in total. The van der Waals surface area contributed by atoms with Crippen LogP contribution in [0.15, 0.2) is 0 Å². The van der Waals surface area contributed by atoms with Crippen molar-refractivity contribution in [2.24, 2.45) is 5.41 Å². The number of rotatable bonds is 0. The minimum absolute atomic E-state index is 0. The maximum Gasteiger partial charge on any atom is 1.00 e. The van der Waals surface area contributed by atoms with Crippen LogP contribution in [0.4, 0.5) is 0 Å².